The molecule has 1 aromatic heterocycles. The van der Waals surface area contributed by atoms with Crippen molar-refractivity contribution in [3.05, 3.63) is 54.1 Å². The summed E-state index contributed by atoms with van der Waals surface area (Å²) >= 11 is 0. The Bertz CT molecular complexity index is 904. The van der Waals surface area contributed by atoms with Crippen LogP contribution < -0.4 is 15.0 Å². The first kappa shape index (κ1) is 17.4. The van der Waals surface area contributed by atoms with E-state index in [1.807, 2.05) is 53.4 Å². The van der Waals surface area contributed by atoms with Crippen molar-refractivity contribution in [2.45, 2.75) is 25.3 Å². The highest BCUT2D eigenvalue weighted by Gasteiger charge is 2.33. The summed E-state index contributed by atoms with van der Waals surface area (Å²) in [7, 11) is 1.66. The maximum atomic E-state index is 12.7. The number of hydrogen-bond donors (Lipinski definition) is 1. The highest BCUT2D eigenvalue weighted by atomic mass is 16.5. The number of benzene rings is 2. The Morgan fingerprint density at radius 3 is 2.93 bits per heavy atom. The van der Waals surface area contributed by atoms with Crippen molar-refractivity contribution in [3.63, 3.8) is 0 Å². The van der Waals surface area contributed by atoms with E-state index in [2.05, 4.69) is 10.3 Å². The minimum Gasteiger partial charge on any atom is -0.496 e. The molecule has 0 unspecified atom stereocenters. The molecule has 6 heteroatoms. The maximum absolute atomic E-state index is 12.7. The van der Waals surface area contributed by atoms with Crippen LogP contribution in [-0.2, 0) is 11.2 Å². The van der Waals surface area contributed by atoms with E-state index < -0.39 is 0 Å². The number of rotatable bonds is 6. The zero-order valence-electron chi connectivity index (χ0n) is 15.4. The fraction of sp³-hybridized carbons (Fsp3) is 0.333. The third kappa shape index (κ3) is 3.60. The smallest absolute Gasteiger partial charge is 0.299 e. The van der Waals surface area contributed by atoms with Crippen LogP contribution in [0.5, 0.6) is 5.75 Å². The standard InChI is InChI=1S/C21H23N3O3/c1-26-18-10-4-2-7-15(18)12-13-22-20(25)17-9-6-14-24(17)21-23-16-8-3-5-11-19(16)27-21/h2-5,7-8,10-11,17H,6,9,12-14H2,1H3,(H,22,25)/t17-/m1/s1. The van der Waals surface area contributed by atoms with Crippen LogP contribution in [0.1, 0.15) is 18.4 Å². The molecule has 3 aromatic rings. The predicted molar refractivity (Wildman–Crippen MR) is 104 cm³/mol. The second-order valence-corrected chi connectivity index (χ2v) is 6.67. The van der Waals surface area contributed by atoms with Gasteiger partial charge in [-0.05, 0) is 43.0 Å². The molecule has 1 aliphatic rings. The van der Waals surface area contributed by atoms with Gasteiger partial charge in [-0.25, -0.2) is 0 Å². The van der Waals surface area contributed by atoms with Crippen LogP contribution in [0.3, 0.4) is 0 Å². The Morgan fingerprint density at radius 1 is 1.26 bits per heavy atom. The Labute approximate surface area is 158 Å². The van der Waals surface area contributed by atoms with Crippen molar-refractivity contribution < 1.29 is 13.9 Å². The summed E-state index contributed by atoms with van der Waals surface area (Å²) in [4.78, 5) is 19.2. The van der Waals surface area contributed by atoms with Crippen LogP contribution in [0.15, 0.2) is 52.9 Å². The number of amides is 1. The van der Waals surface area contributed by atoms with Crippen molar-refractivity contribution in [1.29, 1.82) is 0 Å². The van der Waals surface area contributed by atoms with Crippen LogP contribution in [0, 0.1) is 0 Å². The molecule has 4 rings (SSSR count). The molecule has 140 valence electrons. The van der Waals surface area contributed by atoms with Crippen LogP contribution in [0.25, 0.3) is 11.1 Å². The minimum atomic E-state index is -0.240. The van der Waals surface area contributed by atoms with Gasteiger partial charge in [0.05, 0.1) is 7.11 Å². The number of hydrogen-bond acceptors (Lipinski definition) is 5. The molecule has 27 heavy (non-hydrogen) atoms. The molecule has 1 saturated heterocycles. The van der Waals surface area contributed by atoms with Gasteiger partial charge in [-0.1, -0.05) is 30.3 Å². The number of fused-ring (bicyclic) bond motifs is 1. The topological polar surface area (TPSA) is 67.6 Å². The van der Waals surface area contributed by atoms with Gasteiger partial charge in [0.1, 0.15) is 17.3 Å². The second-order valence-electron chi connectivity index (χ2n) is 6.67. The van der Waals surface area contributed by atoms with Crippen molar-refractivity contribution in [3.8, 4) is 5.75 Å². The lowest BCUT2D eigenvalue weighted by Gasteiger charge is -2.22. The van der Waals surface area contributed by atoms with Crippen molar-refractivity contribution in [2.75, 3.05) is 25.1 Å². The van der Waals surface area contributed by atoms with Gasteiger partial charge in [-0.2, -0.15) is 4.98 Å². The molecule has 1 atom stereocenters. The zero-order chi connectivity index (χ0) is 18.6. The van der Waals surface area contributed by atoms with E-state index in [9.17, 15) is 4.79 Å². The summed E-state index contributed by atoms with van der Waals surface area (Å²) in [6.07, 6.45) is 2.48. The van der Waals surface area contributed by atoms with Gasteiger partial charge < -0.3 is 19.4 Å². The number of nitrogens with one attached hydrogen (secondary N) is 1. The van der Waals surface area contributed by atoms with Gasteiger partial charge in [-0.3, -0.25) is 4.79 Å². The van der Waals surface area contributed by atoms with Gasteiger partial charge in [-0.15, -0.1) is 0 Å². The summed E-state index contributed by atoms with van der Waals surface area (Å²) in [6, 6.07) is 15.8. The lowest BCUT2D eigenvalue weighted by Crippen LogP contribution is -2.44. The summed E-state index contributed by atoms with van der Waals surface area (Å²) in [5.74, 6) is 0.866. The van der Waals surface area contributed by atoms with Gasteiger partial charge in [0, 0.05) is 13.1 Å². The number of para-hydroxylation sites is 3. The molecule has 0 radical (unpaired) electrons. The fourth-order valence-corrected chi connectivity index (χ4v) is 3.60. The van der Waals surface area contributed by atoms with E-state index in [1.165, 1.54) is 0 Å². The number of carbonyl (C=O) groups is 1. The first-order valence-corrected chi connectivity index (χ1v) is 9.28. The summed E-state index contributed by atoms with van der Waals surface area (Å²) in [5, 5.41) is 3.05. The fourth-order valence-electron chi connectivity index (χ4n) is 3.60. The van der Waals surface area contributed by atoms with E-state index in [0.717, 1.165) is 48.2 Å². The van der Waals surface area contributed by atoms with E-state index in [1.54, 1.807) is 7.11 Å². The van der Waals surface area contributed by atoms with Crippen LogP contribution in [0.2, 0.25) is 0 Å². The molecule has 6 nitrogen and oxygen atoms in total. The normalized spacial score (nSPS) is 16.6. The third-order valence-corrected chi connectivity index (χ3v) is 4.97. The van der Waals surface area contributed by atoms with Crippen molar-refractivity contribution in [1.82, 2.24) is 10.3 Å². The zero-order valence-corrected chi connectivity index (χ0v) is 15.4. The van der Waals surface area contributed by atoms with Crippen LogP contribution in [0.4, 0.5) is 6.01 Å². The van der Waals surface area contributed by atoms with Gasteiger partial charge in [0.2, 0.25) is 5.91 Å². The number of aromatic nitrogens is 1. The Hall–Kier alpha value is -3.02. The maximum Gasteiger partial charge on any atom is 0.299 e. The van der Waals surface area contributed by atoms with E-state index in [0.29, 0.717) is 12.6 Å². The quantitative estimate of drug-likeness (QED) is 0.727. The van der Waals surface area contributed by atoms with Gasteiger partial charge in [0.15, 0.2) is 5.58 Å². The SMILES string of the molecule is COc1ccccc1CCNC(=O)[C@H]1CCCN1c1nc2ccccc2o1. The molecule has 1 aliphatic heterocycles. The van der Waals surface area contributed by atoms with Crippen LogP contribution in [-0.4, -0.2) is 37.1 Å². The van der Waals surface area contributed by atoms with E-state index in [-0.39, 0.29) is 11.9 Å². The highest BCUT2D eigenvalue weighted by molar-refractivity contribution is 5.85. The van der Waals surface area contributed by atoms with Crippen LogP contribution >= 0.6 is 0 Å². The first-order chi connectivity index (χ1) is 13.3. The number of oxazole rings is 1. The van der Waals surface area contributed by atoms with Crippen molar-refractivity contribution in [2.24, 2.45) is 0 Å². The number of nitrogens with zero attached hydrogens (tertiary/aromatic N) is 2. The molecular weight excluding hydrogens is 342 g/mol. The van der Waals surface area contributed by atoms with E-state index in [4.69, 9.17) is 9.15 Å². The molecule has 2 aromatic carbocycles. The first-order valence-electron chi connectivity index (χ1n) is 9.28. The predicted octanol–water partition coefficient (Wildman–Crippen LogP) is 3.16. The summed E-state index contributed by atoms with van der Waals surface area (Å²) in [5.41, 5.74) is 2.65. The minimum absolute atomic E-state index is 0.0182. The molecule has 0 spiro atoms. The Morgan fingerprint density at radius 2 is 2.07 bits per heavy atom. The van der Waals surface area contributed by atoms with E-state index >= 15 is 0 Å². The monoisotopic (exact) mass is 365 g/mol. The molecular formula is C21H23N3O3. The Kier molecular flexibility index (Phi) is 4.96. The summed E-state index contributed by atoms with van der Waals surface area (Å²) in [6.45, 7) is 1.34. The third-order valence-electron chi connectivity index (χ3n) is 4.97. The average molecular weight is 365 g/mol. The van der Waals surface area contributed by atoms with Crippen molar-refractivity contribution >= 4 is 23.0 Å². The molecule has 0 bridgehead atoms. The number of carbonyl (C=O) groups excluding carboxylic acids is 1. The average Bonchev–Trinajstić information content (AvgIpc) is 3.34. The number of ether oxygens (including phenoxy) is 1. The molecule has 0 aliphatic carbocycles. The molecule has 2 heterocycles. The lowest BCUT2D eigenvalue weighted by molar-refractivity contribution is -0.122. The lowest BCUT2D eigenvalue weighted by atomic mass is 10.1. The van der Waals surface area contributed by atoms with Gasteiger partial charge in [0.25, 0.3) is 6.01 Å². The molecule has 1 N–H and O–H groups in total. The number of anilines is 1. The highest BCUT2D eigenvalue weighted by Crippen LogP contribution is 2.28. The largest absolute Gasteiger partial charge is 0.496 e. The van der Waals surface area contributed by atoms with Gasteiger partial charge >= 0.3 is 0 Å². The Balaban J connectivity index is 1.40. The molecule has 0 saturated carbocycles. The summed E-state index contributed by atoms with van der Waals surface area (Å²) < 4.78 is 11.2. The second kappa shape index (κ2) is 7.70. The number of methoxy groups -OCH3 is 1. The molecule has 1 amide bonds. The molecule has 1 fully saturated rings.